The highest BCUT2D eigenvalue weighted by Crippen LogP contribution is 2.45. The zero-order chi connectivity index (χ0) is 11.9. The van der Waals surface area contributed by atoms with Crippen molar-refractivity contribution in [3.63, 3.8) is 0 Å². The predicted octanol–water partition coefficient (Wildman–Crippen LogP) is 1.63. The smallest absolute Gasteiger partial charge is 0.170 e. The maximum absolute atomic E-state index is 11.9. The zero-order valence-electron chi connectivity index (χ0n) is 9.45. The quantitative estimate of drug-likeness (QED) is 0.382. The van der Waals surface area contributed by atoms with Crippen LogP contribution in [0.5, 0.6) is 0 Å². The van der Waals surface area contributed by atoms with Crippen molar-refractivity contribution in [3.8, 4) is 0 Å². The summed E-state index contributed by atoms with van der Waals surface area (Å²) < 4.78 is 0. The molecule has 0 aromatic heterocycles. The van der Waals surface area contributed by atoms with Gasteiger partial charge in [-0.3, -0.25) is 9.59 Å². The van der Waals surface area contributed by atoms with Gasteiger partial charge in [0.25, 0.3) is 0 Å². The third-order valence-electron chi connectivity index (χ3n) is 3.83. The Kier molecular flexibility index (Phi) is 2.41. The molecule has 2 rings (SSSR count). The standard InChI is InChI=1S/C13H14O3/c1-8-5-10-11(15)3-4-12(16)13(10,7-14)6-9(8)2/h3-4,7,10H,5-6H2,1-2H3/t10-,13+/m1/s1. The minimum Gasteiger partial charge on any atom is -0.302 e. The van der Waals surface area contributed by atoms with E-state index in [0.29, 0.717) is 19.1 Å². The highest BCUT2D eigenvalue weighted by molar-refractivity contribution is 6.16. The molecule has 0 aromatic rings. The maximum Gasteiger partial charge on any atom is 0.170 e. The Balaban J connectivity index is 2.56. The van der Waals surface area contributed by atoms with E-state index in [2.05, 4.69) is 0 Å². The first-order valence-corrected chi connectivity index (χ1v) is 5.39. The van der Waals surface area contributed by atoms with Crippen molar-refractivity contribution in [1.82, 2.24) is 0 Å². The Morgan fingerprint density at radius 1 is 1.25 bits per heavy atom. The Hall–Kier alpha value is -1.51. The van der Waals surface area contributed by atoms with E-state index in [1.807, 2.05) is 13.8 Å². The molecule has 2 aliphatic rings. The van der Waals surface area contributed by atoms with Gasteiger partial charge in [0.1, 0.15) is 11.7 Å². The number of hydrogen-bond donors (Lipinski definition) is 0. The molecule has 3 nitrogen and oxygen atoms in total. The van der Waals surface area contributed by atoms with Crippen molar-refractivity contribution >= 4 is 17.9 Å². The van der Waals surface area contributed by atoms with Crippen LogP contribution in [-0.2, 0) is 14.4 Å². The zero-order valence-corrected chi connectivity index (χ0v) is 9.45. The normalized spacial score (nSPS) is 34.0. The summed E-state index contributed by atoms with van der Waals surface area (Å²) >= 11 is 0. The molecule has 0 saturated heterocycles. The number of carbonyl (C=O) groups excluding carboxylic acids is 3. The Morgan fingerprint density at radius 2 is 1.94 bits per heavy atom. The second kappa shape index (κ2) is 3.51. The third kappa shape index (κ3) is 1.31. The van der Waals surface area contributed by atoms with E-state index in [1.165, 1.54) is 12.2 Å². The summed E-state index contributed by atoms with van der Waals surface area (Å²) in [4.78, 5) is 35.0. The molecule has 0 radical (unpaired) electrons. The minimum absolute atomic E-state index is 0.0986. The summed E-state index contributed by atoms with van der Waals surface area (Å²) in [6, 6.07) is 0. The molecule has 0 heterocycles. The van der Waals surface area contributed by atoms with Crippen molar-refractivity contribution < 1.29 is 14.4 Å². The second-order valence-electron chi connectivity index (χ2n) is 4.75. The molecule has 0 amide bonds. The molecule has 84 valence electrons. The fourth-order valence-electron chi connectivity index (χ4n) is 2.60. The number of carbonyl (C=O) groups is 3. The summed E-state index contributed by atoms with van der Waals surface area (Å²) in [7, 11) is 0. The summed E-state index contributed by atoms with van der Waals surface area (Å²) in [5, 5.41) is 0. The van der Waals surface area contributed by atoms with Crippen LogP contribution in [0.3, 0.4) is 0 Å². The van der Waals surface area contributed by atoms with E-state index in [0.717, 1.165) is 11.1 Å². The molecule has 0 aliphatic heterocycles. The van der Waals surface area contributed by atoms with Gasteiger partial charge >= 0.3 is 0 Å². The lowest BCUT2D eigenvalue weighted by Gasteiger charge is -2.39. The van der Waals surface area contributed by atoms with Gasteiger partial charge < -0.3 is 4.79 Å². The van der Waals surface area contributed by atoms with Crippen LogP contribution in [0.25, 0.3) is 0 Å². The first-order valence-electron chi connectivity index (χ1n) is 5.39. The van der Waals surface area contributed by atoms with Gasteiger partial charge in [0, 0.05) is 5.92 Å². The van der Waals surface area contributed by atoms with Gasteiger partial charge in [0.15, 0.2) is 11.6 Å². The Morgan fingerprint density at radius 3 is 2.56 bits per heavy atom. The SMILES string of the molecule is CC1=C(C)C[C@@]2(C=O)C(=O)C=CC(=O)[C@H]2C1. The van der Waals surface area contributed by atoms with Crippen molar-refractivity contribution in [3.05, 3.63) is 23.3 Å². The molecule has 0 saturated carbocycles. The van der Waals surface area contributed by atoms with Gasteiger partial charge in [-0.2, -0.15) is 0 Å². The summed E-state index contributed by atoms with van der Waals surface area (Å²) in [5.74, 6) is -0.802. The van der Waals surface area contributed by atoms with Crippen LogP contribution in [0.2, 0.25) is 0 Å². The van der Waals surface area contributed by atoms with E-state index in [4.69, 9.17) is 0 Å². The van der Waals surface area contributed by atoms with Gasteiger partial charge in [-0.05, 0) is 38.8 Å². The predicted molar refractivity (Wildman–Crippen MR) is 58.7 cm³/mol. The summed E-state index contributed by atoms with van der Waals surface area (Å²) in [6.45, 7) is 3.88. The molecule has 0 unspecified atom stereocenters. The van der Waals surface area contributed by atoms with Gasteiger partial charge in [-0.1, -0.05) is 11.1 Å². The second-order valence-corrected chi connectivity index (χ2v) is 4.75. The van der Waals surface area contributed by atoms with Crippen LogP contribution >= 0.6 is 0 Å². The van der Waals surface area contributed by atoms with Crippen LogP contribution in [0.4, 0.5) is 0 Å². The molecular formula is C13H14O3. The molecule has 2 atom stereocenters. The fourth-order valence-corrected chi connectivity index (χ4v) is 2.60. The largest absolute Gasteiger partial charge is 0.302 e. The van der Waals surface area contributed by atoms with E-state index in [1.54, 1.807) is 0 Å². The van der Waals surface area contributed by atoms with E-state index < -0.39 is 11.3 Å². The number of aldehydes is 1. The molecule has 0 N–H and O–H groups in total. The van der Waals surface area contributed by atoms with E-state index >= 15 is 0 Å². The Bertz CT molecular complexity index is 442. The number of allylic oxidation sites excluding steroid dienone is 4. The first-order chi connectivity index (χ1) is 7.51. The fraction of sp³-hybridized carbons (Fsp3) is 0.462. The molecule has 2 aliphatic carbocycles. The number of rotatable bonds is 1. The van der Waals surface area contributed by atoms with Crippen LogP contribution < -0.4 is 0 Å². The lowest BCUT2D eigenvalue weighted by atomic mass is 9.60. The molecule has 0 spiro atoms. The average molecular weight is 218 g/mol. The molecule has 0 bridgehead atoms. The average Bonchev–Trinajstić information content (AvgIpc) is 2.27. The van der Waals surface area contributed by atoms with Gasteiger partial charge in [-0.15, -0.1) is 0 Å². The first kappa shape index (κ1) is 11.0. The molecule has 0 fully saturated rings. The van der Waals surface area contributed by atoms with E-state index in [-0.39, 0.29) is 11.6 Å². The van der Waals surface area contributed by atoms with Crippen LogP contribution in [0.1, 0.15) is 26.7 Å². The third-order valence-corrected chi connectivity index (χ3v) is 3.83. The molecule has 3 heteroatoms. The van der Waals surface area contributed by atoms with Gasteiger partial charge in [-0.25, -0.2) is 0 Å². The van der Waals surface area contributed by atoms with Gasteiger partial charge in [0.05, 0.1) is 0 Å². The molecular weight excluding hydrogens is 204 g/mol. The Labute approximate surface area is 94.2 Å². The highest BCUT2D eigenvalue weighted by Gasteiger charge is 2.51. The van der Waals surface area contributed by atoms with Gasteiger partial charge in [0.2, 0.25) is 0 Å². The summed E-state index contributed by atoms with van der Waals surface area (Å²) in [5.41, 5.74) is 1.06. The minimum atomic E-state index is -1.12. The number of hydrogen-bond acceptors (Lipinski definition) is 3. The van der Waals surface area contributed by atoms with Crippen molar-refractivity contribution in [2.45, 2.75) is 26.7 Å². The monoisotopic (exact) mass is 218 g/mol. The highest BCUT2D eigenvalue weighted by atomic mass is 16.2. The van der Waals surface area contributed by atoms with Crippen LogP contribution in [0, 0.1) is 11.3 Å². The topological polar surface area (TPSA) is 51.2 Å². The van der Waals surface area contributed by atoms with E-state index in [9.17, 15) is 14.4 Å². The lowest BCUT2D eigenvalue weighted by Crippen LogP contribution is -2.47. The molecule has 0 aromatic carbocycles. The summed E-state index contributed by atoms with van der Waals surface area (Å²) in [6.07, 6.45) is 4.16. The van der Waals surface area contributed by atoms with Crippen molar-refractivity contribution in [2.24, 2.45) is 11.3 Å². The lowest BCUT2D eigenvalue weighted by molar-refractivity contribution is -0.142. The van der Waals surface area contributed by atoms with Crippen molar-refractivity contribution in [1.29, 1.82) is 0 Å². The molecule has 16 heavy (non-hydrogen) atoms. The maximum atomic E-state index is 11.9. The number of ketones is 2. The van der Waals surface area contributed by atoms with Crippen molar-refractivity contribution in [2.75, 3.05) is 0 Å². The number of fused-ring (bicyclic) bond motifs is 1. The van der Waals surface area contributed by atoms with Crippen LogP contribution in [0.15, 0.2) is 23.3 Å². The van der Waals surface area contributed by atoms with Crippen LogP contribution in [-0.4, -0.2) is 17.9 Å².